The molecule has 0 N–H and O–H groups in total. The van der Waals surface area contributed by atoms with E-state index in [1.165, 1.54) is 4.68 Å². The lowest BCUT2D eigenvalue weighted by Gasteiger charge is -2.03. The van der Waals surface area contributed by atoms with E-state index in [4.69, 9.17) is 4.74 Å². The van der Waals surface area contributed by atoms with E-state index in [1.807, 2.05) is 36.4 Å². The second-order valence-corrected chi connectivity index (χ2v) is 5.96. The molecule has 4 rings (SSSR count). The summed E-state index contributed by atoms with van der Waals surface area (Å²) < 4.78 is 8.57. The lowest BCUT2D eigenvalue weighted by molar-refractivity contribution is 0.414. The molecule has 2 heterocycles. The lowest BCUT2D eigenvalue weighted by atomic mass is 10.2. The predicted molar refractivity (Wildman–Crippen MR) is 90.1 cm³/mol. The van der Waals surface area contributed by atoms with Crippen LogP contribution in [0.4, 0.5) is 0 Å². The van der Waals surface area contributed by atoms with E-state index in [0.29, 0.717) is 12.4 Å². The number of hydrogen-bond donors (Lipinski definition) is 0. The first-order chi connectivity index (χ1) is 11.8. The Morgan fingerprint density at radius 2 is 2.12 bits per heavy atom. The summed E-state index contributed by atoms with van der Waals surface area (Å²) >= 11 is 0. The molecule has 1 aliphatic carbocycles. The normalized spacial score (nSPS) is 13.9. The number of rotatable bonds is 5. The molecule has 6 nitrogen and oxygen atoms in total. The van der Waals surface area contributed by atoms with Gasteiger partial charge in [0.15, 0.2) is 5.82 Å². The molecule has 6 heteroatoms. The van der Waals surface area contributed by atoms with E-state index in [-0.39, 0.29) is 11.7 Å². The summed E-state index contributed by atoms with van der Waals surface area (Å²) in [5, 5.41) is 4.58. The van der Waals surface area contributed by atoms with Crippen LogP contribution in [0.5, 0.6) is 5.75 Å². The van der Waals surface area contributed by atoms with Crippen LogP contribution in [0.2, 0.25) is 0 Å². The molecule has 0 aliphatic heterocycles. The molecular formula is C18H18N4O2. The SMILES string of the molecule is COc1cccc(Cn2nc(-c3cccnc3)n(C3CC3)c2=O)c1. The maximum Gasteiger partial charge on any atom is 0.346 e. The fourth-order valence-corrected chi connectivity index (χ4v) is 2.82. The van der Waals surface area contributed by atoms with E-state index < -0.39 is 0 Å². The van der Waals surface area contributed by atoms with Crippen LogP contribution in [0, 0.1) is 0 Å². The van der Waals surface area contributed by atoms with Gasteiger partial charge in [0.05, 0.1) is 13.7 Å². The highest BCUT2D eigenvalue weighted by atomic mass is 16.5. The van der Waals surface area contributed by atoms with Crippen molar-refractivity contribution < 1.29 is 4.74 Å². The van der Waals surface area contributed by atoms with Crippen molar-refractivity contribution in [1.82, 2.24) is 19.3 Å². The highest BCUT2D eigenvalue weighted by Crippen LogP contribution is 2.36. The van der Waals surface area contributed by atoms with E-state index in [1.54, 1.807) is 24.1 Å². The molecule has 0 saturated heterocycles. The molecule has 0 amide bonds. The van der Waals surface area contributed by atoms with Crippen LogP contribution in [0.3, 0.4) is 0 Å². The summed E-state index contributed by atoms with van der Waals surface area (Å²) in [4.78, 5) is 17.0. The summed E-state index contributed by atoms with van der Waals surface area (Å²) in [6.45, 7) is 0.420. The average Bonchev–Trinajstić information content (AvgIpc) is 3.41. The molecule has 0 unspecified atom stereocenters. The zero-order valence-electron chi connectivity index (χ0n) is 13.4. The van der Waals surface area contributed by atoms with Gasteiger partial charge in [-0.2, -0.15) is 0 Å². The van der Waals surface area contributed by atoms with Gasteiger partial charge in [0, 0.05) is 24.0 Å². The molecule has 3 aromatic rings. The third-order valence-corrected chi connectivity index (χ3v) is 4.17. The predicted octanol–water partition coefficient (Wildman–Crippen LogP) is 2.50. The van der Waals surface area contributed by atoms with Crippen LogP contribution >= 0.6 is 0 Å². The Kier molecular flexibility index (Phi) is 3.65. The first kappa shape index (κ1) is 14.7. The third kappa shape index (κ3) is 2.71. The first-order valence-electron chi connectivity index (χ1n) is 7.99. The van der Waals surface area contributed by atoms with Gasteiger partial charge in [-0.3, -0.25) is 9.55 Å². The molecule has 1 aliphatic rings. The zero-order chi connectivity index (χ0) is 16.5. The van der Waals surface area contributed by atoms with Gasteiger partial charge in [0.1, 0.15) is 5.75 Å². The molecule has 0 bridgehead atoms. The van der Waals surface area contributed by atoms with Crippen molar-refractivity contribution in [2.45, 2.75) is 25.4 Å². The number of pyridine rings is 1. The standard InChI is InChI=1S/C18H18N4O2/c1-24-16-6-2-4-13(10-16)12-21-18(23)22(15-7-8-15)17(20-21)14-5-3-9-19-11-14/h2-6,9-11,15H,7-8,12H2,1H3. The van der Waals surface area contributed by atoms with Gasteiger partial charge in [-0.15, -0.1) is 5.10 Å². The van der Waals surface area contributed by atoms with Gasteiger partial charge in [-0.1, -0.05) is 12.1 Å². The molecule has 1 aromatic carbocycles. The Balaban J connectivity index is 1.75. The van der Waals surface area contributed by atoms with Crippen LogP contribution in [0.1, 0.15) is 24.4 Å². The molecule has 1 fully saturated rings. The second-order valence-electron chi connectivity index (χ2n) is 5.96. The summed E-state index contributed by atoms with van der Waals surface area (Å²) in [5.41, 5.74) is 1.78. The van der Waals surface area contributed by atoms with Crippen LogP contribution in [0.15, 0.2) is 53.6 Å². The first-order valence-corrected chi connectivity index (χ1v) is 7.99. The maximum absolute atomic E-state index is 12.8. The summed E-state index contributed by atoms with van der Waals surface area (Å²) in [5.74, 6) is 1.47. The minimum Gasteiger partial charge on any atom is -0.497 e. The quantitative estimate of drug-likeness (QED) is 0.724. The molecule has 0 spiro atoms. The Bertz CT molecular complexity index is 910. The molecule has 0 atom stereocenters. The molecule has 2 aromatic heterocycles. The molecule has 1 saturated carbocycles. The number of benzene rings is 1. The molecular weight excluding hydrogens is 304 g/mol. The molecule has 0 radical (unpaired) electrons. The van der Waals surface area contributed by atoms with Gasteiger partial charge in [-0.25, -0.2) is 9.48 Å². The van der Waals surface area contributed by atoms with Gasteiger partial charge >= 0.3 is 5.69 Å². The Morgan fingerprint density at radius 1 is 1.25 bits per heavy atom. The zero-order valence-corrected chi connectivity index (χ0v) is 13.4. The highest BCUT2D eigenvalue weighted by Gasteiger charge is 2.30. The van der Waals surface area contributed by atoms with Gasteiger partial charge in [-0.05, 0) is 42.7 Å². The lowest BCUT2D eigenvalue weighted by Crippen LogP contribution is -2.25. The van der Waals surface area contributed by atoms with Gasteiger partial charge in [0.25, 0.3) is 0 Å². The average molecular weight is 322 g/mol. The number of methoxy groups -OCH3 is 1. The number of ether oxygens (including phenoxy) is 1. The van der Waals surface area contributed by atoms with Crippen molar-refractivity contribution in [3.63, 3.8) is 0 Å². The Hall–Kier alpha value is -2.89. The minimum absolute atomic E-state index is 0.0702. The fraction of sp³-hybridized carbons (Fsp3) is 0.278. The van der Waals surface area contributed by atoms with E-state index >= 15 is 0 Å². The van der Waals surface area contributed by atoms with Crippen LogP contribution in [0.25, 0.3) is 11.4 Å². The van der Waals surface area contributed by atoms with Gasteiger partial charge in [0.2, 0.25) is 0 Å². The maximum atomic E-state index is 12.8. The van der Waals surface area contributed by atoms with Crippen molar-refractivity contribution in [2.24, 2.45) is 0 Å². The van der Waals surface area contributed by atoms with E-state index in [9.17, 15) is 4.79 Å². The number of nitrogens with zero attached hydrogens (tertiary/aromatic N) is 4. The summed E-state index contributed by atoms with van der Waals surface area (Å²) in [6, 6.07) is 11.7. The number of aromatic nitrogens is 4. The van der Waals surface area contributed by atoms with Crippen LogP contribution in [-0.2, 0) is 6.54 Å². The molecule has 122 valence electrons. The Morgan fingerprint density at radius 3 is 2.83 bits per heavy atom. The monoisotopic (exact) mass is 322 g/mol. The van der Waals surface area contributed by atoms with Crippen LogP contribution in [-0.4, -0.2) is 26.4 Å². The topological polar surface area (TPSA) is 61.9 Å². The van der Waals surface area contributed by atoms with E-state index in [0.717, 1.165) is 29.7 Å². The summed E-state index contributed by atoms with van der Waals surface area (Å²) in [6.07, 6.45) is 5.52. The van der Waals surface area contributed by atoms with Gasteiger partial charge < -0.3 is 4.74 Å². The van der Waals surface area contributed by atoms with Crippen molar-refractivity contribution >= 4 is 0 Å². The van der Waals surface area contributed by atoms with Crippen molar-refractivity contribution in [3.05, 3.63) is 64.8 Å². The van der Waals surface area contributed by atoms with Crippen molar-refractivity contribution in [2.75, 3.05) is 7.11 Å². The van der Waals surface area contributed by atoms with E-state index in [2.05, 4.69) is 10.1 Å². The van der Waals surface area contributed by atoms with Crippen LogP contribution < -0.4 is 10.4 Å². The number of hydrogen-bond acceptors (Lipinski definition) is 4. The Labute approximate surface area is 139 Å². The second kappa shape index (κ2) is 5.96. The fourth-order valence-electron chi connectivity index (χ4n) is 2.82. The minimum atomic E-state index is -0.0702. The largest absolute Gasteiger partial charge is 0.497 e. The third-order valence-electron chi connectivity index (χ3n) is 4.17. The van der Waals surface area contributed by atoms with Crippen molar-refractivity contribution in [3.8, 4) is 17.1 Å². The summed E-state index contributed by atoms with van der Waals surface area (Å²) in [7, 11) is 1.63. The highest BCUT2D eigenvalue weighted by molar-refractivity contribution is 5.53. The molecule has 24 heavy (non-hydrogen) atoms. The smallest absolute Gasteiger partial charge is 0.346 e. The van der Waals surface area contributed by atoms with Crippen molar-refractivity contribution in [1.29, 1.82) is 0 Å².